The molecule has 1 aromatic carbocycles. The van der Waals surface area contributed by atoms with Gasteiger partial charge in [-0.15, -0.1) is 0 Å². The monoisotopic (exact) mass is 284 g/mol. The van der Waals surface area contributed by atoms with Crippen molar-refractivity contribution >= 4 is 10.0 Å². The van der Waals surface area contributed by atoms with E-state index in [4.69, 9.17) is 4.74 Å². The summed E-state index contributed by atoms with van der Waals surface area (Å²) in [4.78, 5) is 0. The van der Waals surface area contributed by atoms with Crippen LogP contribution in [0.1, 0.15) is 17.2 Å². The lowest BCUT2D eigenvalue weighted by atomic mass is 9.97. The van der Waals surface area contributed by atoms with Gasteiger partial charge in [0.1, 0.15) is 0 Å². The molecule has 6 heteroatoms. The van der Waals surface area contributed by atoms with Crippen LogP contribution in [0.2, 0.25) is 0 Å². The van der Waals surface area contributed by atoms with E-state index in [1.54, 1.807) is 0 Å². The van der Waals surface area contributed by atoms with Crippen molar-refractivity contribution in [1.29, 1.82) is 0 Å². The third-order valence-electron chi connectivity index (χ3n) is 3.09. The number of fused-ring (bicyclic) bond motifs is 1. The molecule has 0 saturated heterocycles. The molecule has 0 bridgehead atoms. The highest BCUT2D eigenvalue weighted by Gasteiger charge is 2.19. The average Bonchev–Trinajstić information content (AvgIpc) is 2.37. The first kappa shape index (κ1) is 14.5. The molecule has 19 heavy (non-hydrogen) atoms. The fraction of sp³-hybridized carbons (Fsp3) is 0.538. The maximum Gasteiger partial charge on any atom is 0.208 e. The maximum atomic E-state index is 10.9. The van der Waals surface area contributed by atoms with Crippen molar-refractivity contribution in [2.75, 3.05) is 32.5 Å². The summed E-state index contributed by atoms with van der Waals surface area (Å²) in [5.41, 5.74) is 2.58. The van der Waals surface area contributed by atoms with Crippen LogP contribution in [0.4, 0.5) is 0 Å². The SMILES string of the molecule is CS(=O)(=O)NCCNCC1OCCc2ccccc21. The van der Waals surface area contributed by atoms with Gasteiger partial charge in [-0.05, 0) is 17.5 Å². The van der Waals surface area contributed by atoms with Gasteiger partial charge in [0.15, 0.2) is 0 Å². The van der Waals surface area contributed by atoms with Crippen LogP contribution in [0.25, 0.3) is 0 Å². The topological polar surface area (TPSA) is 67.4 Å². The highest BCUT2D eigenvalue weighted by atomic mass is 32.2. The van der Waals surface area contributed by atoms with E-state index >= 15 is 0 Å². The van der Waals surface area contributed by atoms with Gasteiger partial charge < -0.3 is 10.1 Å². The van der Waals surface area contributed by atoms with Gasteiger partial charge in [0, 0.05) is 19.6 Å². The summed E-state index contributed by atoms with van der Waals surface area (Å²) in [5.74, 6) is 0. The normalized spacial score (nSPS) is 19.1. The molecule has 1 aliphatic rings. The van der Waals surface area contributed by atoms with E-state index in [0.29, 0.717) is 19.6 Å². The largest absolute Gasteiger partial charge is 0.372 e. The van der Waals surface area contributed by atoms with E-state index < -0.39 is 10.0 Å². The molecule has 0 amide bonds. The van der Waals surface area contributed by atoms with Crippen LogP contribution in [0.15, 0.2) is 24.3 Å². The quantitative estimate of drug-likeness (QED) is 0.744. The molecule has 0 spiro atoms. The van der Waals surface area contributed by atoms with Crippen LogP contribution in [0, 0.1) is 0 Å². The zero-order chi connectivity index (χ0) is 13.7. The lowest BCUT2D eigenvalue weighted by Crippen LogP contribution is -2.34. The van der Waals surface area contributed by atoms with E-state index in [2.05, 4.69) is 22.2 Å². The van der Waals surface area contributed by atoms with Gasteiger partial charge >= 0.3 is 0 Å². The summed E-state index contributed by atoms with van der Waals surface area (Å²) in [6.07, 6.45) is 2.18. The van der Waals surface area contributed by atoms with Crippen molar-refractivity contribution in [3.8, 4) is 0 Å². The van der Waals surface area contributed by atoms with E-state index in [-0.39, 0.29) is 6.10 Å². The highest BCUT2D eigenvalue weighted by Crippen LogP contribution is 2.25. The molecule has 1 atom stereocenters. The molecule has 106 valence electrons. The minimum Gasteiger partial charge on any atom is -0.372 e. The van der Waals surface area contributed by atoms with Crippen molar-refractivity contribution in [2.24, 2.45) is 0 Å². The van der Waals surface area contributed by atoms with Crippen molar-refractivity contribution in [1.82, 2.24) is 10.0 Å². The first-order chi connectivity index (χ1) is 9.06. The van der Waals surface area contributed by atoms with Crippen LogP contribution in [0.3, 0.4) is 0 Å². The molecule has 0 radical (unpaired) electrons. The predicted molar refractivity (Wildman–Crippen MR) is 74.6 cm³/mol. The third-order valence-corrected chi connectivity index (χ3v) is 3.82. The van der Waals surface area contributed by atoms with Crippen LogP contribution < -0.4 is 10.0 Å². The Bertz CT molecular complexity index is 516. The van der Waals surface area contributed by atoms with Gasteiger partial charge in [0.05, 0.1) is 19.0 Å². The highest BCUT2D eigenvalue weighted by molar-refractivity contribution is 7.88. The smallest absolute Gasteiger partial charge is 0.208 e. The minimum atomic E-state index is -3.10. The fourth-order valence-electron chi connectivity index (χ4n) is 2.20. The summed E-state index contributed by atoms with van der Waals surface area (Å²) in [7, 11) is -3.10. The Balaban J connectivity index is 1.78. The van der Waals surface area contributed by atoms with Crippen LogP contribution >= 0.6 is 0 Å². The Morgan fingerprint density at radius 3 is 2.89 bits per heavy atom. The molecule has 0 fully saturated rings. The molecule has 2 N–H and O–H groups in total. The van der Waals surface area contributed by atoms with Gasteiger partial charge in [0.25, 0.3) is 0 Å². The Morgan fingerprint density at radius 1 is 1.32 bits per heavy atom. The zero-order valence-electron chi connectivity index (χ0n) is 11.1. The van der Waals surface area contributed by atoms with Gasteiger partial charge in [-0.2, -0.15) is 0 Å². The van der Waals surface area contributed by atoms with Crippen LogP contribution in [-0.4, -0.2) is 40.9 Å². The minimum absolute atomic E-state index is 0.0585. The van der Waals surface area contributed by atoms with E-state index in [1.807, 2.05) is 12.1 Å². The lowest BCUT2D eigenvalue weighted by Gasteiger charge is -2.26. The first-order valence-electron chi connectivity index (χ1n) is 6.41. The maximum absolute atomic E-state index is 10.9. The first-order valence-corrected chi connectivity index (χ1v) is 8.30. The molecule has 0 aromatic heterocycles. The Kier molecular flexibility index (Phi) is 4.93. The number of hydrogen-bond donors (Lipinski definition) is 2. The van der Waals surface area contributed by atoms with Crippen molar-refractivity contribution < 1.29 is 13.2 Å². The molecule has 5 nitrogen and oxygen atoms in total. The van der Waals surface area contributed by atoms with Gasteiger partial charge in [-0.1, -0.05) is 24.3 Å². The number of ether oxygens (including phenoxy) is 1. The number of rotatable bonds is 6. The van der Waals surface area contributed by atoms with Crippen molar-refractivity contribution in [2.45, 2.75) is 12.5 Å². The number of nitrogens with one attached hydrogen (secondary N) is 2. The van der Waals surface area contributed by atoms with Crippen molar-refractivity contribution in [3.63, 3.8) is 0 Å². The Morgan fingerprint density at radius 2 is 2.11 bits per heavy atom. The molecule has 1 aliphatic heterocycles. The van der Waals surface area contributed by atoms with Gasteiger partial charge in [0.2, 0.25) is 10.0 Å². The van der Waals surface area contributed by atoms with E-state index in [9.17, 15) is 8.42 Å². The number of benzene rings is 1. The predicted octanol–water partition coefficient (Wildman–Crippen LogP) is 0.439. The molecular formula is C13H20N2O3S. The fourth-order valence-corrected chi connectivity index (χ4v) is 2.68. The van der Waals surface area contributed by atoms with Crippen molar-refractivity contribution in [3.05, 3.63) is 35.4 Å². The molecule has 2 rings (SSSR count). The summed E-state index contributed by atoms with van der Waals surface area (Å²) in [5, 5.41) is 3.22. The number of sulfonamides is 1. The molecule has 0 saturated carbocycles. The summed E-state index contributed by atoms with van der Waals surface area (Å²) in [6.45, 7) is 2.43. The second kappa shape index (κ2) is 6.47. The van der Waals surface area contributed by atoms with E-state index in [0.717, 1.165) is 19.3 Å². The van der Waals surface area contributed by atoms with Crippen LogP contribution in [-0.2, 0) is 21.2 Å². The third kappa shape index (κ3) is 4.58. The summed E-state index contributed by atoms with van der Waals surface area (Å²) in [6, 6.07) is 8.29. The summed E-state index contributed by atoms with van der Waals surface area (Å²) >= 11 is 0. The van der Waals surface area contributed by atoms with Crippen LogP contribution in [0.5, 0.6) is 0 Å². The second-order valence-electron chi connectivity index (χ2n) is 4.68. The molecular weight excluding hydrogens is 264 g/mol. The Hall–Kier alpha value is -0.950. The average molecular weight is 284 g/mol. The van der Waals surface area contributed by atoms with Gasteiger partial charge in [-0.25, -0.2) is 13.1 Å². The Labute approximate surface area is 114 Å². The lowest BCUT2D eigenvalue weighted by molar-refractivity contribution is 0.0428. The van der Waals surface area contributed by atoms with Gasteiger partial charge in [-0.3, -0.25) is 0 Å². The van der Waals surface area contributed by atoms with E-state index in [1.165, 1.54) is 11.1 Å². The zero-order valence-corrected chi connectivity index (χ0v) is 11.9. The standard InChI is InChI=1S/C13H20N2O3S/c1-19(16,17)15-8-7-14-10-13-12-5-3-2-4-11(12)6-9-18-13/h2-5,13-15H,6-10H2,1H3. The molecule has 1 heterocycles. The number of hydrogen-bond acceptors (Lipinski definition) is 4. The second-order valence-corrected chi connectivity index (χ2v) is 6.51. The molecule has 1 unspecified atom stereocenters. The molecule has 1 aromatic rings. The summed E-state index contributed by atoms with van der Waals surface area (Å²) < 4.78 is 30.0. The molecule has 0 aliphatic carbocycles.